The summed E-state index contributed by atoms with van der Waals surface area (Å²) < 4.78 is 6.90. The zero-order chi connectivity index (χ0) is 11.4. The highest BCUT2D eigenvalue weighted by Gasteiger charge is 2.09. The van der Waals surface area contributed by atoms with E-state index < -0.39 is 5.97 Å². The van der Waals surface area contributed by atoms with Gasteiger partial charge in [0.05, 0.1) is 11.1 Å². The lowest BCUT2D eigenvalue weighted by atomic mass is 10.4. The third-order valence-electron chi connectivity index (χ3n) is 1.61. The second-order valence-electron chi connectivity index (χ2n) is 2.70. The molecular weight excluding hydrogens is 283 g/mol. The molecule has 0 aliphatic heterocycles. The lowest BCUT2D eigenvalue weighted by Gasteiger charge is -1.93. The first-order valence-corrected chi connectivity index (χ1v) is 5.46. The summed E-state index contributed by atoms with van der Waals surface area (Å²) >= 11 is 9.15. The third-order valence-corrected chi connectivity index (χ3v) is 3.06. The monoisotopic (exact) mass is 292 g/mol. The van der Waals surface area contributed by atoms with E-state index in [0.29, 0.717) is 21.9 Å². The summed E-state index contributed by atoms with van der Waals surface area (Å²) in [5.41, 5.74) is 0.593. The molecule has 1 rings (SSSR count). The van der Waals surface area contributed by atoms with E-state index in [-0.39, 0.29) is 0 Å². The van der Waals surface area contributed by atoms with Gasteiger partial charge in [0.2, 0.25) is 0 Å². The van der Waals surface area contributed by atoms with Gasteiger partial charge in [-0.1, -0.05) is 11.6 Å². The maximum absolute atomic E-state index is 11.0. The zero-order valence-electron chi connectivity index (χ0n) is 8.33. The molecule has 1 heterocycles. The van der Waals surface area contributed by atoms with E-state index in [1.807, 2.05) is 0 Å². The molecule has 4 nitrogen and oxygen atoms in total. The minimum atomic E-state index is -0.397. The fourth-order valence-corrected chi connectivity index (χ4v) is 1.54. The maximum atomic E-state index is 11.0. The van der Waals surface area contributed by atoms with Crippen molar-refractivity contribution in [2.75, 3.05) is 6.61 Å². The molecule has 1 aromatic heterocycles. The molecule has 0 saturated heterocycles. The smallest absolute Gasteiger partial charge is 0.330 e. The Kier molecular flexibility index (Phi) is 4.35. The van der Waals surface area contributed by atoms with Crippen LogP contribution in [0.1, 0.15) is 12.6 Å². The average Bonchev–Trinajstić information content (AvgIpc) is 2.43. The number of ether oxygens (including phenoxy) is 1. The molecule has 0 aliphatic carbocycles. The van der Waals surface area contributed by atoms with Crippen molar-refractivity contribution in [2.24, 2.45) is 7.05 Å². The Morgan fingerprint density at radius 1 is 1.73 bits per heavy atom. The molecule has 15 heavy (non-hydrogen) atoms. The molecular formula is C9H10BrClN2O2. The Balaban J connectivity index is 2.81. The van der Waals surface area contributed by atoms with Crippen LogP contribution in [0.2, 0.25) is 5.15 Å². The number of hydrogen-bond acceptors (Lipinski definition) is 3. The maximum Gasteiger partial charge on any atom is 0.330 e. The summed E-state index contributed by atoms with van der Waals surface area (Å²) in [5, 5.41) is 4.57. The quantitative estimate of drug-likeness (QED) is 0.635. The van der Waals surface area contributed by atoms with Gasteiger partial charge in [0.25, 0.3) is 0 Å². The second kappa shape index (κ2) is 5.32. The van der Waals surface area contributed by atoms with Gasteiger partial charge >= 0.3 is 5.97 Å². The van der Waals surface area contributed by atoms with Crippen LogP contribution in [0.4, 0.5) is 0 Å². The Labute approximate surface area is 101 Å². The summed E-state index contributed by atoms with van der Waals surface area (Å²) in [5.74, 6) is -0.397. The average molecular weight is 294 g/mol. The highest BCUT2D eigenvalue weighted by molar-refractivity contribution is 9.10. The van der Waals surface area contributed by atoms with E-state index in [9.17, 15) is 4.79 Å². The van der Waals surface area contributed by atoms with Crippen molar-refractivity contribution in [3.05, 3.63) is 21.4 Å². The highest BCUT2D eigenvalue weighted by Crippen LogP contribution is 2.26. The van der Waals surface area contributed by atoms with Crippen LogP contribution in [0, 0.1) is 0 Å². The molecule has 6 heteroatoms. The molecule has 0 aliphatic rings. The molecule has 0 atom stereocenters. The molecule has 0 bridgehead atoms. The van der Waals surface area contributed by atoms with Crippen LogP contribution in [0.3, 0.4) is 0 Å². The van der Waals surface area contributed by atoms with Crippen molar-refractivity contribution < 1.29 is 9.53 Å². The van der Waals surface area contributed by atoms with Gasteiger partial charge in [-0.2, -0.15) is 5.10 Å². The van der Waals surface area contributed by atoms with E-state index in [1.165, 1.54) is 10.8 Å². The van der Waals surface area contributed by atoms with Crippen molar-refractivity contribution in [1.29, 1.82) is 0 Å². The Hall–Kier alpha value is -0.810. The predicted molar refractivity (Wildman–Crippen MR) is 61.6 cm³/mol. The third kappa shape index (κ3) is 3.07. The van der Waals surface area contributed by atoms with Crippen molar-refractivity contribution in [3.8, 4) is 0 Å². The van der Waals surface area contributed by atoms with Crippen LogP contribution in [0.15, 0.2) is 10.5 Å². The van der Waals surface area contributed by atoms with E-state index in [0.717, 1.165) is 0 Å². The van der Waals surface area contributed by atoms with Crippen LogP contribution in [-0.4, -0.2) is 22.4 Å². The second-order valence-corrected chi connectivity index (χ2v) is 3.85. The molecule has 82 valence electrons. The summed E-state index contributed by atoms with van der Waals surface area (Å²) in [6, 6.07) is 0. The van der Waals surface area contributed by atoms with E-state index in [1.54, 1.807) is 20.0 Å². The van der Waals surface area contributed by atoms with Crippen LogP contribution in [-0.2, 0) is 16.6 Å². The van der Waals surface area contributed by atoms with Crippen LogP contribution >= 0.6 is 27.5 Å². The normalized spacial score (nSPS) is 10.9. The van der Waals surface area contributed by atoms with Crippen molar-refractivity contribution in [1.82, 2.24) is 9.78 Å². The summed E-state index contributed by atoms with van der Waals surface area (Å²) in [6.45, 7) is 2.10. The highest BCUT2D eigenvalue weighted by atomic mass is 79.9. The number of rotatable bonds is 3. The molecule has 0 aromatic carbocycles. The molecule has 0 unspecified atom stereocenters. The molecule has 0 fully saturated rings. The van der Waals surface area contributed by atoms with Gasteiger partial charge in [-0.3, -0.25) is 4.68 Å². The fourth-order valence-electron chi connectivity index (χ4n) is 0.941. The molecule has 0 radical (unpaired) electrons. The SMILES string of the molecule is CCOC(=O)/C=C/c1nn(C)c(Cl)c1Br. The van der Waals surface area contributed by atoms with Crippen LogP contribution < -0.4 is 0 Å². The zero-order valence-corrected chi connectivity index (χ0v) is 10.7. The van der Waals surface area contributed by atoms with E-state index in [4.69, 9.17) is 16.3 Å². The standard InChI is InChI=1S/C9H10BrClN2O2/c1-3-15-7(14)5-4-6-8(10)9(11)13(2)12-6/h4-5H,3H2,1-2H3/b5-4+. The first kappa shape index (κ1) is 12.3. The predicted octanol–water partition coefficient (Wildman–Crippen LogP) is 2.41. The largest absolute Gasteiger partial charge is 0.463 e. The molecule has 1 aromatic rings. The lowest BCUT2D eigenvalue weighted by molar-refractivity contribution is -0.137. The number of hydrogen-bond donors (Lipinski definition) is 0. The van der Waals surface area contributed by atoms with Crippen molar-refractivity contribution in [3.63, 3.8) is 0 Å². The number of halogens is 2. The van der Waals surface area contributed by atoms with Gasteiger partial charge in [-0.05, 0) is 28.9 Å². The van der Waals surface area contributed by atoms with Gasteiger partial charge in [0, 0.05) is 13.1 Å². The first-order valence-electron chi connectivity index (χ1n) is 4.29. The Morgan fingerprint density at radius 2 is 2.40 bits per heavy atom. The first-order chi connectivity index (χ1) is 7.06. The number of carbonyl (C=O) groups is 1. The molecule has 0 amide bonds. The van der Waals surface area contributed by atoms with Crippen LogP contribution in [0.25, 0.3) is 6.08 Å². The minimum Gasteiger partial charge on any atom is -0.463 e. The number of esters is 1. The molecule has 0 N–H and O–H groups in total. The van der Waals surface area contributed by atoms with Gasteiger partial charge in [0.1, 0.15) is 10.8 Å². The number of aryl methyl sites for hydroxylation is 1. The molecule has 0 spiro atoms. The molecule has 0 saturated carbocycles. The Morgan fingerprint density at radius 3 is 2.87 bits per heavy atom. The summed E-state index contributed by atoms with van der Waals surface area (Å²) in [6.07, 6.45) is 2.86. The van der Waals surface area contributed by atoms with Gasteiger partial charge in [-0.15, -0.1) is 0 Å². The minimum absolute atomic E-state index is 0.354. The number of carbonyl (C=O) groups excluding carboxylic acids is 1. The van der Waals surface area contributed by atoms with Gasteiger partial charge in [-0.25, -0.2) is 4.79 Å². The van der Waals surface area contributed by atoms with Crippen molar-refractivity contribution >= 4 is 39.6 Å². The van der Waals surface area contributed by atoms with E-state index >= 15 is 0 Å². The number of nitrogens with zero attached hydrogens (tertiary/aromatic N) is 2. The summed E-state index contributed by atoms with van der Waals surface area (Å²) in [4.78, 5) is 11.0. The fraction of sp³-hybridized carbons (Fsp3) is 0.333. The Bertz CT molecular complexity index is 401. The topological polar surface area (TPSA) is 44.1 Å². The summed E-state index contributed by atoms with van der Waals surface area (Å²) in [7, 11) is 1.72. The van der Waals surface area contributed by atoms with Gasteiger partial charge < -0.3 is 4.74 Å². The van der Waals surface area contributed by atoms with Crippen molar-refractivity contribution in [2.45, 2.75) is 6.92 Å². The lowest BCUT2D eigenvalue weighted by Crippen LogP contribution is -1.98. The number of aromatic nitrogens is 2. The van der Waals surface area contributed by atoms with Gasteiger partial charge in [0.15, 0.2) is 0 Å². The van der Waals surface area contributed by atoms with Crippen LogP contribution in [0.5, 0.6) is 0 Å². The van der Waals surface area contributed by atoms with E-state index in [2.05, 4.69) is 21.0 Å².